The normalized spacial score (nSPS) is 14.5. The fourth-order valence-corrected chi connectivity index (χ4v) is 6.00. The van der Waals surface area contributed by atoms with Gasteiger partial charge in [-0.25, -0.2) is 4.79 Å². The maximum atomic E-state index is 13.0. The number of carboxylic acids is 1. The molecule has 0 unspecified atom stereocenters. The van der Waals surface area contributed by atoms with E-state index in [2.05, 4.69) is 5.32 Å². The highest BCUT2D eigenvalue weighted by Crippen LogP contribution is 2.35. The van der Waals surface area contributed by atoms with E-state index in [-0.39, 0.29) is 24.2 Å². The zero-order valence-corrected chi connectivity index (χ0v) is 25.6. The Balaban J connectivity index is 1.30. The van der Waals surface area contributed by atoms with E-state index >= 15 is 0 Å². The van der Waals surface area contributed by atoms with Crippen molar-refractivity contribution < 1.29 is 24.2 Å². The Labute approximate surface area is 259 Å². The van der Waals surface area contributed by atoms with Crippen LogP contribution in [-0.2, 0) is 20.8 Å². The lowest BCUT2D eigenvalue weighted by atomic mass is 9.94. The van der Waals surface area contributed by atoms with E-state index in [1.807, 2.05) is 66.9 Å². The van der Waals surface area contributed by atoms with Gasteiger partial charge in [0.25, 0.3) is 0 Å². The van der Waals surface area contributed by atoms with Crippen molar-refractivity contribution in [2.45, 2.75) is 30.2 Å². The maximum Gasteiger partial charge on any atom is 0.326 e. The molecule has 1 aliphatic heterocycles. The molecule has 220 valence electrons. The summed E-state index contributed by atoms with van der Waals surface area (Å²) in [5.41, 5.74) is 3.41. The Kier molecular flexibility index (Phi) is 11.0. The van der Waals surface area contributed by atoms with Gasteiger partial charge in [-0.3, -0.25) is 9.59 Å². The number of amides is 2. The molecular formula is C32H32Cl2N2O5S. The summed E-state index contributed by atoms with van der Waals surface area (Å²) < 4.78 is 5.29. The van der Waals surface area contributed by atoms with Gasteiger partial charge in [0.1, 0.15) is 11.8 Å². The third-order valence-electron chi connectivity index (χ3n) is 7.29. The van der Waals surface area contributed by atoms with Crippen LogP contribution in [0.1, 0.15) is 24.0 Å². The summed E-state index contributed by atoms with van der Waals surface area (Å²) in [7, 11) is 1.62. The van der Waals surface area contributed by atoms with Crippen LogP contribution in [0.4, 0.5) is 0 Å². The number of rotatable bonds is 10. The van der Waals surface area contributed by atoms with Gasteiger partial charge in [0.15, 0.2) is 0 Å². The molecule has 10 heteroatoms. The summed E-state index contributed by atoms with van der Waals surface area (Å²) in [6.45, 7) is 0.787. The topological polar surface area (TPSA) is 95.9 Å². The SMILES string of the molecule is COc1cccc(-c2ccc(C[C@H](NC(=O)C3CCN(C(=O)/C=C/c4ccc(SC)c(Cl)c4Cl)CC3)C(=O)O)cc2)c1. The second-order valence-electron chi connectivity index (χ2n) is 9.95. The van der Waals surface area contributed by atoms with Crippen molar-refractivity contribution in [1.82, 2.24) is 10.2 Å². The number of methoxy groups -OCH3 is 1. The summed E-state index contributed by atoms with van der Waals surface area (Å²) in [4.78, 5) is 40.3. The lowest BCUT2D eigenvalue weighted by Crippen LogP contribution is -2.48. The van der Waals surface area contributed by atoms with E-state index in [0.717, 1.165) is 27.3 Å². The Hall–Kier alpha value is -3.46. The monoisotopic (exact) mass is 626 g/mol. The summed E-state index contributed by atoms with van der Waals surface area (Å²) in [6, 6.07) is 17.9. The van der Waals surface area contributed by atoms with Crippen molar-refractivity contribution in [1.29, 1.82) is 0 Å². The first-order valence-corrected chi connectivity index (χ1v) is 15.4. The van der Waals surface area contributed by atoms with Gasteiger partial charge in [-0.2, -0.15) is 0 Å². The average molecular weight is 628 g/mol. The van der Waals surface area contributed by atoms with Gasteiger partial charge >= 0.3 is 5.97 Å². The van der Waals surface area contributed by atoms with E-state index in [4.69, 9.17) is 27.9 Å². The molecular weight excluding hydrogens is 595 g/mol. The number of hydrogen-bond donors (Lipinski definition) is 2. The van der Waals surface area contributed by atoms with Crippen molar-refractivity contribution in [3.63, 3.8) is 0 Å². The summed E-state index contributed by atoms with van der Waals surface area (Å²) in [6.07, 6.45) is 6.05. The fraction of sp³-hybridized carbons (Fsp3) is 0.281. The van der Waals surface area contributed by atoms with Crippen molar-refractivity contribution in [2.75, 3.05) is 26.5 Å². The number of halogens is 2. The molecule has 7 nitrogen and oxygen atoms in total. The first-order valence-electron chi connectivity index (χ1n) is 13.5. The van der Waals surface area contributed by atoms with Gasteiger partial charge in [-0.1, -0.05) is 65.7 Å². The van der Waals surface area contributed by atoms with Crippen molar-refractivity contribution >= 4 is 58.8 Å². The van der Waals surface area contributed by atoms with Gasteiger partial charge in [0.05, 0.1) is 17.2 Å². The molecule has 2 N–H and O–H groups in total. The lowest BCUT2D eigenvalue weighted by Gasteiger charge is -2.31. The van der Waals surface area contributed by atoms with Gasteiger partial charge in [0.2, 0.25) is 11.8 Å². The van der Waals surface area contributed by atoms with Crippen molar-refractivity contribution in [3.05, 3.63) is 87.9 Å². The van der Waals surface area contributed by atoms with Crippen LogP contribution in [0, 0.1) is 5.92 Å². The number of benzene rings is 3. The van der Waals surface area contributed by atoms with Crippen molar-refractivity contribution in [3.8, 4) is 16.9 Å². The Morgan fingerprint density at radius 1 is 1.05 bits per heavy atom. The number of nitrogens with one attached hydrogen (secondary N) is 1. The first-order chi connectivity index (χ1) is 20.2. The number of ether oxygens (including phenoxy) is 1. The van der Waals surface area contributed by atoms with Crippen LogP contribution in [0.3, 0.4) is 0 Å². The number of hydrogen-bond acceptors (Lipinski definition) is 5. The number of carbonyl (C=O) groups excluding carboxylic acids is 2. The minimum atomic E-state index is -1.10. The van der Waals surface area contributed by atoms with Crippen LogP contribution in [0.25, 0.3) is 17.2 Å². The highest BCUT2D eigenvalue weighted by atomic mass is 35.5. The predicted molar refractivity (Wildman–Crippen MR) is 168 cm³/mol. The minimum absolute atomic E-state index is 0.159. The van der Waals surface area contributed by atoms with E-state index < -0.39 is 12.0 Å². The molecule has 1 atom stereocenters. The zero-order valence-electron chi connectivity index (χ0n) is 23.3. The number of carbonyl (C=O) groups is 3. The molecule has 0 spiro atoms. The van der Waals surface area contributed by atoms with Crippen LogP contribution in [0.15, 0.2) is 71.6 Å². The summed E-state index contributed by atoms with van der Waals surface area (Å²) >= 11 is 14.1. The summed E-state index contributed by atoms with van der Waals surface area (Å²) in [5, 5.41) is 13.4. The third-order valence-corrected chi connectivity index (χ3v) is 9.08. The highest BCUT2D eigenvalue weighted by molar-refractivity contribution is 7.98. The molecule has 2 amide bonds. The molecule has 0 radical (unpaired) electrons. The van der Waals surface area contributed by atoms with E-state index in [9.17, 15) is 19.5 Å². The largest absolute Gasteiger partial charge is 0.497 e. The molecule has 42 heavy (non-hydrogen) atoms. The lowest BCUT2D eigenvalue weighted by molar-refractivity contribution is -0.142. The predicted octanol–water partition coefficient (Wildman–Crippen LogP) is 6.45. The molecule has 0 aliphatic carbocycles. The highest BCUT2D eigenvalue weighted by Gasteiger charge is 2.29. The van der Waals surface area contributed by atoms with E-state index in [1.165, 1.54) is 17.8 Å². The Morgan fingerprint density at radius 3 is 2.40 bits per heavy atom. The Bertz CT molecular complexity index is 1470. The molecule has 3 aromatic rings. The summed E-state index contributed by atoms with van der Waals surface area (Å²) in [5.74, 6) is -1.21. The standard InChI is InChI=1S/C32H32Cl2N2O5S/c1-41-25-5-3-4-24(19-25)21-8-6-20(7-9-21)18-26(32(39)40)35-31(38)23-14-16-36(17-15-23)28(37)13-11-22-10-12-27(42-2)30(34)29(22)33/h3-13,19,23,26H,14-18H2,1-2H3,(H,35,38)(H,39,40)/b13-11+/t26-/m0/s1. The average Bonchev–Trinajstić information content (AvgIpc) is 3.01. The van der Waals surface area contributed by atoms with Gasteiger partial charge < -0.3 is 20.1 Å². The third kappa shape index (κ3) is 7.88. The molecule has 1 heterocycles. The quantitative estimate of drug-likeness (QED) is 0.198. The molecule has 1 saturated heterocycles. The van der Waals surface area contributed by atoms with Crippen LogP contribution >= 0.6 is 35.0 Å². The molecule has 0 aromatic heterocycles. The number of carboxylic acid groups (broad SMARTS) is 1. The van der Waals surface area contributed by atoms with Crippen LogP contribution in [-0.4, -0.2) is 60.3 Å². The molecule has 1 aliphatic rings. The maximum absolute atomic E-state index is 13.0. The number of likely N-dealkylation sites (tertiary alicyclic amines) is 1. The van der Waals surface area contributed by atoms with Gasteiger partial charge in [-0.15, -0.1) is 11.8 Å². The van der Waals surface area contributed by atoms with Crippen LogP contribution < -0.4 is 10.1 Å². The number of nitrogens with zero attached hydrogens (tertiary/aromatic N) is 1. The molecule has 0 bridgehead atoms. The number of thioether (sulfide) groups is 1. The Morgan fingerprint density at radius 2 is 1.76 bits per heavy atom. The molecule has 1 fully saturated rings. The van der Waals surface area contributed by atoms with Crippen LogP contribution in [0.5, 0.6) is 5.75 Å². The number of aliphatic carboxylic acids is 1. The fourth-order valence-electron chi connectivity index (χ4n) is 4.82. The molecule has 4 rings (SSSR count). The van der Waals surface area contributed by atoms with E-state index in [0.29, 0.717) is 41.5 Å². The minimum Gasteiger partial charge on any atom is -0.497 e. The van der Waals surface area contributed by atoms with Crippen molar-refractivity contribution in [2.24, 2.45) is 5.92 Å². The first kappa shape index (κ1) is 31.5. The smallest absolute Gasteiger partial charge is 0.326 e. The van der Waals surface area contributed by atoms with Gasteiger partial charge in [-0.05, 0) is 65.6 Å². The second-order valence-corrected chi connectivity index (χ2v) is 11.6. The molecule has 0 saturated carbocycles. The number of piperidine rings is 1. The van der Waals surface area contributed by atoms with Gasteiger partial charge in [0, 0.05) is 36.4 Å². The van der Waals surface area contributed by atoms with E-state index in [1.54, 1.807) is 18.1 Å². The van der Waals surface area contributed by atoms with Crippen LogP contribution in [0.2, 0.25) is 10.0 Å². The zero-order chi connectivity index (χ0) is 30.2. The second kappa shape index (κ2) is 14.6. The molecule has 3 aromatic carbocycles.